The second-order valence-electron chi connectivity index (χ2n) is 8.59. The van der Waals surface area contributed by atoms with Crippen molar-refractivity contribution in [3.8, 4) is 5.75 Å². The number of aromatic amines is 1. The Morgan fingerprint density at radius 2 is 2.00 bits per heavy atom. The summed E-state index contributed by atoms with van der Waals surface area (Å²) in [5, 5.41) is 13.7. The molecule has 6 unspecified atom stereocenters. The van der Waals surface area contributed by atoms with Crippen molar-refractivity contribution in [2.24, 2.45) is 0 Å². The van der Waals surface area contributed by atoms with Crippen LogP contribution in [0.3, 0.4) is 0 Å². The number of carbonyl (C=O) groups is 1. The van der Waals surface area contributed by atoms with E-state index in [4.69, 9.17) is 18.5 Å². The molecule has 0 spiro atoms. The fraction of sp³-hybridized carbons (Fsp3) is 0.522. The molecule has 0 saturated carbocycles. The van der Waals surface area contributed by atoms with E-state index in [9.17, 15) is 24.1 Å². The van der Waals surface area contributed by atoms with Crippen LogP contribution in [0.4, 0.5) is 0 Å². The summed E-state index contributed by atoms with van der Waals surface area (Å²) in [7, 11) is -3.03. The molecule has 6 atom stereocenters. The van der Waals surface area contributed by atoms with Crippen LogP contribution >= 0.6 is 7.75 Å². The topological polar surface area (TPSA) is 167 Å². The minimum absolute atomic E-state index is 0.206. The standard InChI is InChI=1S/C23H32N3O10P/c1-5-13-33-23(3)19(28)17(35-21(23)26-12-11-18(27)24-22(26)30)14-34-37(31,25-15(2)20(29)32-4)36-16-9-7-6-8-10-16/h6-12,15,17,19,21,28H,5,13-14H2,1-4H3,(H,25,31)(H,24,27,30). The second kappa shape index (κ2) is 12.2. The summed E-state index contributed by atoms with van der Waals surface area (Å²) in [6.07, 6.45) is -1.77. The molecule has 14 heteroatoms. The van der Waals surface area contributed by atoms with Gasteiger partial charge in [0.2, 0.25) is 0 Å². The molecule has 1 aromatic carbocycles. The van der Waals surface area contributed by atoms with Gasteiger partial charge in [0.25, 0.3) is 5.56 Å². The minimum atomic E-state index is -4.21. The maximum atomic E-state index is 13.6. The van der Waals surface area contributed by atoms with Crippen molar-refractivity contribution in [1.29, 1.82) is 0 Å². The largest absolute Gasteiger partial charge is 0.468 e. The van der Waals surface area contributed by atoms with Crippen LogP contribution in [0.2, 0.25) is 0 Å². The smallest absolute Gasteiger partial charge is 0.459 e. The quantitative estimate of drug-likeness (QED) is 0.262. The summed E-state index contributed by atoms with van der Waals surface area (Å²) in [6.45, 7) is 4.63. The average molecular weight is 541 g/mol. The molecule has 1 fully saturated rings. The number of aromatic nitrogens is 2. The maximum Gasteiger partial charge on any atom is 0.459 e. The lowest BCUT2D eigenvalue weighted by Gasteiger charge is -2.33. The summed E-state index contributed by atoms with van der Waals surface area (Å²) >= 11 is 0. The molecule has 1 aliphatic rings. The molecule has 204 valence electrons. The molecule has 37 heavy (non-hydrogen) atoms. The van der Waals surface area contributed by atoms with Crippen molar-refractivity contribution in [1.82, 2.24) is 14.6 Å². The summed E-state index contributed by atoms with van der Waals surface area (Å²) in [5.74, 6) is -0.493. The molecule has 13 nitrogen and oxygen atoms in total. The lowest BCUT2D eigenvalue weighted by atomic mass is 9.96. The third-order valence-corrected chi connectivity index (χ3v) is 7.38. The number of carbonyl (C=O) groups excluding carboxylic acids is 1. The molecule has 3 rings (SSSR count). The number of methoxy groups -OCH3 is 1. The van der Waals surface area contributed by atoms with Crippen molar-refractivity contribution in [3.05, 3.63) is 63.4 Å². The molecule has 0 amide bonds. The van der Waals surface area contributed by atoms with E-state index < -0.39 is 61.7 Å². The Bertz CT molecular complexity index is 1220. The Morgan fingerprint density at radius 3 is 2.62 bits per heavy atom. The van der Waals surface area contributed by atoms with E-state index in [0.717, 1.165) is 10.6 Å². The highest BCUT2D eigenvalue weighted by molar-refractivity contribution is 7.52. The van der Waals surface area contributed by atoms with Crippen molar-refractivity contribution in [3.63, 3.8) is 0 Å². The normalized spacial score (nSPS) is 25.8. The van der Waals surface area contributed by atoms with E-state index in [1.54, 1.807) is 37.3 Å². The highest BCUT2D eigenvalue weighted by Crippen LogP contribution is 2.47. The molecule has 1 aliphatic heterocycles. The fourth-order valence-electron chi connectivity index (χ4n) is 3.80. The van der Waals surface area contributed by atoms with Gasteiger partial charge in [-0.1, -0.05) is 25.1 Å². The monoisotopic (exact) mass is 541 g/mol. The fourth-order valence-corrected chi connectivity index (χ4v) is 5.30. The van der Waals surface area contributed by atoms with Gasteiger partial charge in [-0.05, 0) is 32.4 Å². The number of nitrogens with zero attached hydrogens (tertiary/aromatic N) is 1. The maximum absolute atomic E-state index is 13.6. The van der Waals surface area contributed by atoms with Gasteiger partial charge in [0.05, 0.1) is 13.7 Å². The van der Waals surface area contributed by atoms with Gasteiger partial charge in [-0.15, -0.1) is 0 Å². The number of aliphatic hydroxyl groups excluding tert-OH is 1. The van der Waals surface area contributed by atoms with Crippen molar-refractivity contribution in [2.75, 3.05) is 20.3 Å². The SMILES string of the molecule is CCCOC1(C)C(O)C(COP(=O)(NC(C)C(=O)OC)Oc2ccccc2)OC1n1ccc(=O)[nH]c1=O. The van der Waals surface area contributed by atoms with E-state index in [0.29, 0.717) is 6.42 Å². The lowest BCUT2D eigenvalue weighted by Crippen LogP contribution is -2.49. The summed E-state index contributed by atoms with van der Waals surface area (Å²) < 4.78 is 42.5. The zero-order chi connectivity index (χ0) is 27.2. The molecule has 3 N–H and O–H groups in total. The Balaban J connectivity index is 1.86. The predicted molar refractivity (Wildman–Crippen MR) is 131 cm³/mol. The predicted octanol–water partition coefficient (Wildman–Crippen LogP) is 1.33. The number of ether oxygens (including phenoxy) is 3. The van der Waals surface area contributed by atoms with Crippen LogP contribution in [-0.4, -0.2) is 64.8 Å². The van der Waals surface area contributed by atoms with E-state index in [2.05, 4.69) is 14.8 Å². The number of H-pyrrole nitrogens is 1. The molecular weight excluding hydrogens is 509 g/mol. The van der Waals surface area contributed by atoms with Crippen LogP contribution in [0.25, 0.3) is 0 Å². The molecule has 0 aliphatic carbocycles. The van der Waals surface area contributed by atoms with Gasteiger partial charge in [0, 0.05) is 18.9 Å². The number of aliphatic hydroxyl groups is 1. The third kappa shape index (κ3) is 6.75. The number of para-hydroxylation sites is 1. The first-order valence-electron chi connectivity index (χ1n) is 11.7. The Morgan fingerprint density at radius 1 is 1.30 bits per heavy atom. The molecule has 0 bridgehead atoms. The Hall–Kier alpha value is -2.80. The van der Waals surface area contributed by atoms with Gasteiger partial charge >= 0.3 is 19.4 Å². The van der Waals surface area contributed by atoms with Gasteiger partial charge in [-0.3, -0.25) is 23.7 Å². The van der Waals surface area contributed by atoms with Crippen molar-refractivity contribution < 1.29 is 37.7 Å². The van der Waals surface area contributed by atoms with Gasteiger partial charge in [0.15, 0.2) is 6.23 Å². The number of nitrogens with one attached hydrogen (secondary N) is 2. The van der Waals surface area contributed by atoms with Crippen LogP contribution in [-0.2, 0) is 28.1 Å². The first-order chi connectivity index (χ1) is 17.5. The number of esters is 1. The zero-order valence-corrected chi connectivity index (χ0v) is 21.9. The van der Waals surface area contributed by atoms with Gasteiger partial charge in [-0.25, -0.2) is 9.36 Å². The second-order valence-corrected chi connectivity index (χ2v) is 10.3. The van der Waals surface area contributed by atoms with E-state index in [-0.39, 0.29) is 12.4 Å². The van der Waals surface area contributed by atoms with Gasteiger partial charge in [0.1, 0.15) is 29.6 Å². The number of rotatable bonds is 12. The highest BCUT2D eigenvalue weighted by atomic mass is 31.2. The van der Waals surface area contributed by atoms with Crippen LogP contribution < -0.4 is 20.9 Å². The van der Waals surface area contributed by atoms with Gasteiger partial charge < -0.3 is 23.8 Å². The van der Waals surface area contributed by atoms with Gasteiger partial charge in [-0.2, -0.15) is 5.09 Å². The number of benzene rings is 1. The molecule has 2 heterocycles. The molecule has 1 saturated heterocycles. The number of hydrogen-bond donors (Lipinski definition) is 3. The average Bonchev–Trinajstić information content (AvgIpc) is 3.11. The van der Waals surface area contributed by atoms with E-state index >= 15 is 0 Å². The lowest BCUT2D eigenvalue weighted by molar-refractivity contribution is -0.142. The van der Waals surface area contributed by atoms with E-state index in [1.165, 1.54) is 20.2 Å². The first-order valence-corrected chi connectivity index (χ1v) is 13.2. The molecule has 0 radical (unpaired) electrons. The van der Waals surface area contributed by atoms with E-state index in [1.807, 2.05) is 6.92 Å². The van der Waals surface area contributed by atoms with Crippen LogP contribution in [0, 0.1) is 0 Å². The Kier molecular flexibility index (Phi) is 9.46. The van der Waals surface area contributed by atoms with Crippen molar-refractivity contribution in [2.45, 2.75) is 57.3 Å². The van der Waals surface area contributed by atoms with Crippen LogP contribution in [0.5, 0.6) is 5.75 Å². The molecule has 1 aromatic heterocycles. The zero-order valence-electron chi connectivity index (χ0n) is 21.0. The molecule has 2 aromatic rings. The molecular formula is C23H32N3O10P. The third-order valence-electron chi connectivity index (χ3n) is 5.74. The minimum Gasteiger partial charge on any atom is -0.468 e. The van der Waals surface area contributed by atoms with Crippen LogP contribution in [0.15, 0.2) is 52.2 Å². The Labute approximate surface area is 213 Å². The summed E-state index contributed by atoms with van der Waals surface area (Å²) in [6, 6.07) is 8.25. The summed E-state index contributed by atoms with van der Waals surface area (Å²) in [4.78, 5) is 38.1. The number of hydrogen-bond acceptors (Lipinski definition) is 10. The van der Waals surface area contributed by atoms with Crippen LogP contribution in [0.1, 0.15) is 33.4 Å². The first kappa shape index (κ1) is 28.8. The summed E-state index contributed by atoms with van der Waals surface area (Å²) in [5.41, 5.74) is -2.78. The highest BCUT2D eigenvalue weighted by Gasteiger charge is 2.56. The van der Waals surface area contributed by atoms with Crippen molar-refractivity contribution >= 4 is 13.7 Å².